The van der Waals surface area contributed by atoms with E-state index in [2.05, 4.69) is 20.9 Å². The van der Waals surface area contributed by atoms with Crippen LogP contribution in [-0.2, 0) is 9.53 Å². The maximum absolute atomic E-state index is 13.7. The van der Waals surface area contributed by atoms with Crippen molar-refractivity contribution in [2.75, 3.05) is 32.2 Å². The maximum atomic E-state index is 13.7. The van der Waals surface area contributed by atoms with Gasteiger partial charge < -0.3 is 14.4 Å². The van der Waals surface area contributed by atoms with Gasteiger partial charge in [0.15, 0.2) is 4.80 Å². The molecule has 0 radical (unpaired) electrons. The van der Waals surface area contributed by atoms with Crippen LogP contribution in [0.5, 0.6) is 5.75 Å². The second kappa shape index (κ2) is 10.8. The third kappa shape index (κ3) is 5.03. The van der Waals surface area contributed by atoms with Gasteiger partial charge in [-0.15, -0.1) is 0 Å². The Balaban J connectivity index is 1.89. The third-order valence-electron chi connectivity index (χ3n) is 5.80. The van der Waals surface area contributed by atoms with Crippen LogP contribution in [0.3, 0.4) is 0 Å². The summed E-state index contributed by atoms with van der Waals surface area (Å²) in [5, 5.41) is 0. The molecule has 0 aliphatic carbocycles. The molecule has 0 saturated heterocycles. The standard InChI is InChI=1S/C27H28BrN3O4S/c1-6-34-21-13-8-17(14-20(21)28)15-22-25(32)31-24(18-9-11-19(12-10-18)30(4)5)23(26(33)35-7-2)16(3)29-27(31)36-22/h8-15,24H,6-7H2,1-5H3/b22-15-/t24-/m0/s1. The van der Waals surface area contributed by atoms with Gasteiger partial charge in [0, 0.05) is 19.8 Å². The van der Waals surface area contributed by atoms with E-state index in [0.717, 1.165) is 27.0 Å². The molecular weight excluding hydrogens is 542 g/mol. The number of thiazole rings is 1. The topological polar surface area (TPSA) is 73.1 Å². The maximum Gasteiger partial charge on any atom is 0.338 e. The molecule has 0 amide bonds. The van der Waals surface area contributed by atoms with Crippen LogP contribution in [0.1, 0.15) is 37.9 Å². The molecule has 7 nitrogen and oxygen atoms in total. The fraction of sp³-hybridized carbons (Fsp3) is 0.296. The molecule has 1 aliphatic heterocycles. The number of fused-ring (bicyclic) bond motifs is 1. The average molecular weight is 571 g/mol. The summed E-state index contributed by atoms with van der Waals surface area (Å²) in [4.78, 5) is 33.9. The van der Waals surface area contributed by atoms with Crippen molar-refractivity contribution in [2.45, 2.75) is 26.8 Å². The molecular formula is C27H28BrN3O4S. The van der Waals surface area contributed by atoms with Crippen molar-refractivity contribution >= 4 is 45.0 Å². The number of ether oxygens (including phenoxy) is 2. The van der Waals surface area contributed by atoms with Gasteiger partial charge in [0.1, 0.15) is 5.75 Å². The van der Waals surface area contributed by atoms with Gasteiger partial charge in [-0.05, 0) is 78.2 Å². The molecule has 0 N–H and O–H groups in total. The molecule has 2 heterocycles. The summed E-state index contributed by atoms with van der Waals surface area (Å²) in [5.41, 5.74) is 3.40. The first kappa shape index (κ1) is 25.9. The second-order valence-corrected chi connectivity index (χ2v) is 10.3. The zero-order chi connectivity index (χ0) is 26.0. The van der Waals surface area contributed by atoms with Crippen LogP contribution in [0.25, 0.3) is 6.08 Å². The predicted octanol–water partition coefficient (Wildman–Crippen LogP) is 4.03. The lowest BCUT2D eigenvalue weighted by Crippen LogP contribution is -2.39. The first-order chi connectivity index (χ1) is 17.2. The SMILES string of the molecule is CCOC(=O)C1=C(C)N=c2s/c(=C\c3ccc(OCC)c(Br)c3)c(=O)n2[C@H]1c1ccc(N(C)C)cc1. The number of allylic oxidation sites excluding steroid dienone is 1. The first-order valence-electron chi connectivity index (χ1n) is 11.6. The summed E-state index contributed by atoms with van der Waals surface area (Å²) in [7, 11) is 3.93. The van der Waals surface area contributed by atoms with Crippen LogP contribution in [0.2, 0.25) is 0 Å². The summed E-state index contributed by atoms with van der Waals surface area (Å²) in [6, 6.07) is 12.9. The number of carbonyl (C=O) groups is 1. The van der Waals surface area contributed by atoms with E-state index in [9.17, 15) is 9.59 Å². The smallest absolute Gasteiger partial charge is 0.338 e. The van der Waals surface area contributed by atoms with Gasteiger partial charge in [0.05, 0.1) is 39.5 Å². The fourth-order valence-corrected chi connectivity index (χ4v) is 5.65. The van der Waals surface area contributed by atoms with E-state index in [0.29, 0.717) is 27.2 Å². The van der Waals surface area contributed by atoms with E-state index >= 15 is 0 Å². The monoisotopic (exact) mass is 569 g/mol. The number of aromatic nitrogens is 1. The Kier molecular flexibility index (Phi) is 7.80. The molecule has 1 atom stereocenters. The summed E-state index contributed by atoms with van der Waals surface area (Å²) >= 11 is 4.84. The highest BCUT2D eigenvalue weighted by molar-refractivity contribution is 9.10. The molecule has 3 aromatic rings. The lowest BCUT2D eigenvalue weighted by Gasteiger charge is -2.25. The Morgan fingerprint density at radius 2 is 1.89 bits per heavy atom. The van der Waals surface area contributed by atoms with E-state index in [-0.39, 0.29) is 12.2 Å². The van der Waals surface area contributed by atoms with Crippen molar-refractivity contribution in [3.05, 3.63) is 89.0 Å². The predicted molar refractivity (Wildman–Crippen MR) is 146 cm³/mol. The Labute approximate surface area is 222 Å². The molecule has 0 unspecified atom stereocenters. The van der Waals surface area contributed by atoms with Crippen LogP contribution < -0.4 is 24.5 Å². The van der Waals surface area contributed by atoms with Crippen molar-refractivity contribution in [3.8, 4) is 5.75 Å². The summed E-state index contributed by atoms with van der Waals surface area (Å²) < 4.78 is 13.9. The number of anilines is 1. The van der Waals surface area contributed by atoms with Gasteiger partial charge in [0.2, 0.25) is 0 Å². The molecule has 0 bridgehead atoms. The number of rotatable bonds is 7. The van der Waals surface area contributed by atoms with Crippen molar-refractivity contribution in [1.29, 1.82) is 0 Å². The first-order valence-corrected chi connectivity index (χ1v) is 13.2. The zero-order valence-electron chi connectivity index (χ0n) is 20.9. The summed E-state index contributed by atoms with van der Waals surface area (Å²) in [6.07, 6.45) is 1.83. The van der Waals surface area contributed by atoms with Gasteiger partial charge >= 0.3 is 5.97 Å². The highest BCUT2D eigenvalue weighted by atomic mass is 79.9. The second-order valence-electron chi connectivity index (χ2n) is 8.41. The third-order valence-corrected chi connectivity index (χ3v) is 7.40. The quantitative estimate of drug-likeness (QED) is 0.402. The van der Waals surface area contributed by atoms with Crippen LogP contribution in [0.4, 0.5) is 5.69 Å². The number of carbonyl (C=O) groups excluding carboxylic acids is 1. The number of esters is 1. The van der Waals surface area contributed by atoms with Crippen LogP contribution in [-0.4, -0.2) is 37.8 Å². The summed E-state index contributed by atoms with van der Waals surface area (Å²) in [5.74, 6) is 0.275. The Morgan fingerprint density at radius 1 is 1.17 bits per heavy atom. The van der Waals surface area contributed by atoms with E-state index in [1.54, 1.807) is 18.4 Å². The van der Waals surface area contributed by atoms with Crippen molar-refractivity contribution in [1.82, 2.24) is 4.57 Å². The molecule has 1 aromatic heterocycles. The van der Waals surface area contributed by atoms with Crippen LogP contribution >= 0.6 is 27.3 Å². The average Bonchev–Trinajstić information content (AvgIpc) is 3.14. The molecule has 1 aliphatic rings. The van der Waals surface area contributed by atoms with E-state index < -0.39 is 12.0 Å². The number of halogens is 1. The minimum atomic E-state index is -0.634. The van der Waals surface area contributed by atoms with Crippen molar-refractivity contribution < 1.29 is 14.3 Å². The van der Waals surface area contributed by atoms with Gasteiger partial charge in [-0.1, -0.05) is 29.5 Å². The molecule has 36 heavy (non-hydrogen) atoms. The van der Waals surface area contributed by atoms with Gasteiger partial charge in [-0.2, -0.15) is 0 Å². The van der Waals surface area contributed by atoms with E-state index in [4.69, 9.17) is 9.47 Å². The lowest BCUT2D eigenvalue weighted by molar-refractivity contribution is -0.139. The van der Waals surface area contributed by atoms with E-state index in [1.165, 1.54) is 11.3 Å². The molecule has 0 fully saturated rings. The minimum Gasteiger partial charge on any atom is -0.493 e. The van der Waals surface area contributed by atoms with Crippen LogP contribution in [0.15, 0.2) is 68.0 Å². The summed E-state index contributed by atoms with van der Waals surface area (Å²) in [6.45, 7) is 6.28. The number of hydrogen-bond donors (Lipinski definition) is 0. The van der Waals surface area contributed by atoms with Crippen molar-refractivity contribution in [2.24, 2.45) is 4.99 Å². The highest BCUT2D eigenvalue weighted by Crippen LogP contribution is 2.32. The number of hydrogen-bond acceptors (Lipinski definition) is 7. The fourth-order valence-electron chi connectivity index (χ4n) is 4.09. The Bertz CT molecular complexity index is 1500. The van der Waals surface area contributed by atoms with E-state index in [1.807, 2.05) is 74.5 Å². The lowest BCUT2D eigenvalue weighted by atomic mass is 9.95. The highest BCUT2D eigenvalue weighted by Gasteiger charge is 2.33. The molecule has 0 saturated carbocycles. The molecule has 4 rings (SSSR count). The van der Waals surface area contributed by atoms with Gasteiger partial charge in [-0.3, -0.25) is 9.36 Å². The van der Waals surface area contributed by atoms with Crippen LogP contribution in [0, 0.1) is 0 Å². The van der Waals surface area contributed by atoms with Gasteiger partial charge in [0.25, 0.3) is 5.56 Å². The minimum absolute atomic E-state index is 0.209. The molecule has 0 spiro atoms. The Hall–Kier alpha value is -3.17. The molecule has 9 heteroatoms. The van der Waals surface area contributed by atoms with Gasteiger partial charge in [-0.25, -0.2) is 9.79 Å². The number of nitrogens with zero attached hydrogens (tertiary/aromatic N) is 3. The Morgan fingerprint density at radius 3 is 2.50 bits per heavy atom. The molecule has 2 aromatic carbocycles. The normalized spacial score (nSPS) is 15.4. The zero-order valence-corrected chi connectivity index (χ0v) is 23.3. The largest absolute Gasteiger partial charge is 0.493 e. The van der Waals surface area contributed by atoms with Crippen molar-refractivity contribution in [3.63, 3.8) is 0 Å². The number of benzene rings is 2. The molecule has 188 valence electrons.